The van der Waals surface area contributed by atoms with E-state index in [1.165, 1.54) is 30.3 Å². The van der Waals surface area contributed by atoms with E-state index < -0.39 is 0 Å². The van der Waals surface area contributed by atoms with E-state index in [4.69, 9.17) is 4.98 Å². The second-order valence-corrected chi connectivity index (χ2v) is 10.5. The highest BCUT2D eigenvalue weighted by Gasteiger charge is 2.23. The number of carbonyl (C=O) groups is 1. The van der Waals surface area contributed by atoms with Crippen LogP contribution in [-0.4, -0.2) is 70.8 Å². The maximum atomic E-state index is 12.9. The average Bonchev–Trinajstić information content (AvgIpc) is 3.28. The largest absolute Gasteiger partial charge is 0.368 e. The van der Waals surface area contributed by atoms with Gasteiger partial charge in [0.1, 0.15) is 16.1 Å². The van der Waals surface area contributed by atoms with E-state index >= 15 is 0 Å². The number of nitrogens with zero attached hydrogens (tertiary/aromatic N) is 6. The SMILES string of the molecule is C[C@H]1CCCN(c2nc3ncnc(SCC(=O)N4CCN(c5ccccc5)CC4)c3s2)C1. The second-order valence-electron chi connectivity index (χ2n) is 8.51. The van der Waals surface area contributed by atoms with E-state index in [1.54, 1.807) is 17.7 Å². The predicted molar refractivity (Wildman–Crippen MR) is 132 cm³/mol. The van der Waals surface area contributed by atoms with Gasteiger partial charge in [-0.15, -0.1) is 0 Å². The number of thioether (sulfide) groups is 1. The second kappa shape index (κ2) is 9.62. The van der Waals surface area contributed by atoms with Gasteiger partial charge in [0.25, 0.3) is 0 Å². The third-order valence-electron chi connectivity index (χ3n) is 6.16. The molecule has 4 heterocycles. The molecule has 2 aliphatic heterocycles. The summed E-state index contributed by atoms with van der Waals surface area (Å²) in [5, 5.41) is 1.89. The summed E-state index contributed by atoms with van der Waals surface area (Å²) >= 11 is 3.16. The summed E-state index contributed by atoms with van der Waals surface area (Å²) in [5.74, 6) is 1.26. The number of para-hydroxylation sites is 1. The van der Waals surface area contributed by atoms with Crippen molar-refractivity contribution in [3.63, 3.8) is 0 Å². The van der Waals surface area contributed by atoms with Crippen molar-refractivity contribution in [2.75, 3.05) is 54.8 Å². The minimum absolute atomic E-state index is 0.170. The summed E-state index contributed by atoms with van der Waals surface area (Å²) in [6, 6.07) is 10.4. The minimum atomic E-state index is 0.170. The van der Waals surface area contributed by atoms with Crippen LogP contribution in [0.5, 0.6) is 0 Å². The van der Waals surface area contributed by atoms with E-state index in [0.29, 0.717) is 11.7 Å². The third-order valence-corrected chi connectivity index (χ3v) is 8.38. The maximum Gasteiger partial charge on any atom is 0.233 e. The molecule has 7 nitrogen and oxygen atoms in total. The minimum Gasteiger partial charge on any atom is -0.368 e. The fourth-order valence-corrected chi connectivity index (χ4v) is 6.43. The monoisotopic (exact) mass is 468 g/mol. The number of hydrogen-bond donors (Lipinski definition) is 0. The van der Waals surface area contributed by atoms with Crippen LogP contribution in [0.1, 0.15) is 19.8 Å². The predicted octanol–water partition coefficient (Wildman–Crippen LogP) is 3.76. The molecule has 2 aromatic heterocycles. The van der Waals surface area contributed by atoms with Gasteiger partial charge in [-0.2, -0.15) is 4.98 Å². The van der Waals surface area contributed by atoms with Crippen molar-refractivity contribution in [3.05, 3.63) is 36.7 Å². The van der Waals surface area contributed by atoms with E-state index in [-0.39, 0.29) is 5.91 Å². The molecule has 1 atom stereocenters. The van der Waals surface area contributed by atoms with Crippen molar-refractivity contribution >= 4 is 50.2 Å². The summed E-state index contributed by atoms with van der Waals surface area (Å²) in [7, 11) is 0. The molecular weight excluding hydrogens is 440 g/mol. The first-order valence-corrected chi connectivity index (χ1v) is 13.0. The number of fused-ring (bicyclic) bond motifs is 1. The topological polar surface area (TPSA) is 65.5 Å². The number of aromatic nitrogens is 3. The Labute approximate surface area is 196 Å². The highest BCUT2D eigenvalue weighted by Crippen LogP contribution is 2.35. The Morgan fingerprint density at radius 1 is 1.09 bits per heavy atom. The molecule has 1 amide bonds. The lowest BCUT2D eigenvalue weighted by atomic mass is 10.0. The summed E-state index contributed by atoms with van der Waals surface area (Å²) in [4.78, 5) is 33.2. The first-order chi connectivity index (χ1) is 15.7. The number of rotatable bonds is 5. The van der Waals surface area contributed by atoms with Gasteiger partial charge in [0.2, 0.25) is 5.91 Å². The number of amides is 1. The lowest BCUT2D eigenvalue weighted by molar-refractivity contribution is -0.128. The quantitative estimate of drug-likeness (QED) is 0.417. The normalized spacial score (nSPS) is 19.5. The van der Waals surface area contributed by atoms with Crippen LogP contribution in [0, 0.1) is 5.92 Å². The van der Waals surface area contributed by atoms with Crippen molar-refractivity contribution in [2.24, 2.45) is 5.92 Å². The third kappa shape index (κ3) is 4.68. The fraction of sp³-hybridized carbons (Fsp3) is 0.478. The van der Waals surface area contributed by atoms with E-state index in [9.17, 15) is 4.79 Å². The van der Waals surface area contributed by atoms with Crippen LogP contribution in [0.25, 0.3) is 10.3 Å². The van der Waals surface area contributed by atoms with Gasteiger partial charge in [0.15, 0.2) is 10.8 Å². The number of thiazole rings is 1. The molecule has 168 valence electrons. The van der Waals surface area contributed by atoms with Gasteiger partial charge in [-0.1, -0.05) is 48.2 Å². The number of anilines is 2. The molecule has 0 saturated carbocycles. The van der Waals surface area contributed by atoms with Crippen LogP contribution in [0.4, 0.5) is 10.8 Å². The van der Waals surface area contributed by atoms with Crippen molar-refractivity contribution in [1.82, 2.24) is 19.9 Å². The Kier molecular flexibility index (Phi) is 6.45. The molecule has 2 fully saturated rings. The lowest BCUT2D eigenvalue weighted by Gasteiger charge is -2.36. The van der Waals surface area contributed by atoms with Crippen LogP contribution in [0.3, 0.4) is 0 Å². The smallest absolute Gasteiger partial charge is 0.233 e. The number of benzene rings is 1. The zero-order valence-electron chi connectivity index (χ0n) is 18.3. The fourth-order valence-electron chi connectivity index (χ4n) is 4.40. The molecule has 0 N–H and O–H groups in total. The van der Waals surface area contributed by atoms with Crippen molar-refractivity contribution in [3.8, 4) is 0 Å². The Balaban J connectivity index is 1.20. The zero-order chi connectivity index (χ0) is 21.9. The molecule has 1 aromatic carbocycles. The van der Waals surface area contributed by atoms with Gasteiger partial charge in [-0.3, -0.25) is 4.79 Å². The number of carbonyl (C=O) groups excluding carboxylic acids is 1. The highest BCUT2D eigenvalue weighted by molar-refractivity contribution is 8.00. The lowest BCUT2D eigenvalue weighted by Crippen LogP contribution is -2.49. The summed E-state index contributed by atoms with van der Waals surface area (Å²) in [6.45, 7) is 7.63. The molecule has 0 aliphatic carbocycles. The summed E-state index contributed by atoms with van der Waals surface area (Å²) in [6.07, 6.45) is 4.05. The van der Waals surface area contributed by atoms with Crippen LogP contribution in [0.2, 0.25) is 0 Å². The van der Waals surface area contributed by atoms with Crippen molar-refractivity contribution < 1.29 is 4.79 Å². The molecule has 0 bridgehead atoms. The molecule has 0 spiro atoms. The summed E-state index contributed by atoms with van der Waals surface area (Å²) < 4.78 is 0.993. The van der Waals surface area contributed by atoms with Gasteiger partial charge in [-0.25, -0.2) is 9.97 Å². The molecule has 5 rings (SSSR count). The first-order valence-electron chi connectivity index (χ1n) is 11.2. The summed E-state index contributed by atoms with van der Waals surface area (Å²) in [5.41, 5.74) is 1.96. The molecule has 9 heteroatoms. The van der Waals surface area contributed by atoms with E-state index in [1.807, 2.05) is 11.0 Å². The molecular formula is C23H28N6OS2. The Morgan fingerprint density at radius 3 is 2.69 bits per heavy atom. The highest BCUT2D eigenvalue weighted by atomic mass is 32.2. The molecule has 0 radical (unpaired) electrons. The molecule has 0 unspecified atom stereocenters. The number of piperazine rings is 1. The molecule has 32 heavy (non-hydrogen) atoms. The molecule has 2 saturated heterocycles. The standard InChI is InChI=1S/C23H28N6OS2/c1-17-6-5-9-29(14-17)23-26-21-20(32-23)22(25-16-24-21)31-15-19(30)28-12-10-27(11-13-28)18-7-3-2-4-8-18/h2-4,7-8,16-17H,5-6,9-15H2,1H3/t17-/m0/s1. The number of hydrogen-bond acceptors (Lipinski definition) is 8. The zero-order valence-corrected chi connectivity index (χ0v) is 19.9. The Morgan fingerprint density at radius 2 is 1.91 bits per heavy atom. The van der Waals surface area contributed by atoms with Gasteiger partial charge in [0, 0.05) is 45.0 Å². The van der Waals surface area contributed by atoms with E-state index in [2.05, 4.69) is 51.0 Å². The van der Waals surface area contributed by atoms with Crippen molar-refractivity contribution in [2.45, 2.75) is 24.8 Å². The van der Waals surface area contributed by atoms with Gasteiger partial charge < -0.3 is 14.7 Å². The van der Waals surface area contributed by atoms with Crippen LogP contribution >= 0.6 is 23.1 Å². The van der Waals surface area contributed by atoms with Crippen LogP contribution < -0.4 is 9.80 Å². The average molecular weight is 469 g/mol. The van der Waals surface area contributed by atoms with Crippen LogP contribution in [-0.2, 0) is 4.79 Å². The van der Waals surface area contributed by atoms with Crippen LogP contribution in [0.15, 0.2) is 41.7 Å². The van der Waals surface area contributed by atoms with Gasteiger partial charge in [0.05, 0.1) is 5.75 Å². The maximum absolute atomic E-state index is 12.9. The first kappa shape index (κ1) is 21.5. The number of piperidine rings is 1. The Hall–Kier alpha value is -2.39. The van der Waals surface area contributed by atoms with Gasteiger partial charge >= 0.3 is 0 Å². The van der Waals surface area contributed by atoms with Gasteiger partial charge in [-0.05, 0) is 30.9 Å². The van der Waals surface area contributed by atoms with E-state index in [0.717, 1.165) is 59.8 Å². The van der Waals surface area contributed by atoms with Crippen molar-refractivity contribution in [1.29, 1.82) is 0 Å². The molecule has 2 aliphatic rings. The molecule has 3 aromatic rings. The Bertz CT molecular complexity index is 1070.